The highest BCUT2D eigenvalue weighted by Gasteiger charge is 2.27. The Morgan fingerprint density at radius 1 is 1.23 bits per heavy atom. The molecular formula is C16H16N4O2. The molecule has 6 nitrogen and oxygen atoms in total. The molecule has 1 aliphatic rings. The predicted molar refractivity (Wildman–Crippen MR) is 83.1 cm³/mol. The first kappa shape index (κ1) is 13.1. The molecule has 22 heavy (non-hydrogen) atoms. The van der Waals surface area contributed by atoms with Gasteiger partial charge in [-0.2, -0.15) is 0 Å². The maximum Gasteiger partial charge on any atom is 0.329 e. The Labute approximate surface area is 126 Å². The maximum absolute atomic E-state index is 12.2. The molecule has 0 aliphatic carbocycles. The van der Waals surface area contributed by atoms with Gasteiger partial charge in [-0.3, -0.25) is 14.3 Å². The van der Waals surface area contributed by atoms with E-state index in [-0.39, 0.29) is 11.5 Å². The fourth-order valence-corrected chi connectivity index (χ4v) is 3.33. The van der Waals surface area contributed by atoms with Gasteiger partial charge in [-0.25, -0.2) is 9.78 Å². The highest BCUT2D eigenvalue weighted by molar-refractivity contribution is 5.71. The molecule has 1 N–H and O–H groups in total. The van der Waals surface area contributed by atoms with E-state index in [1.165, 1.54) is 10.1 Å². The van der Waals surface area contributed by atoms with Crippen LogP contribution in [0.5, 0.6) is 0 Å². The van der Waals surface area contributed by atoms with E-state index in [2.05, 4.69) is 22.1 Å². The number of nitrogens with one attached hydrogen (secondary N) is 1. The second-order valence-corrected chi connectivity index (χ2v) is 5.72. The monoisotopic (exact) mass is 296 g/mol. The van der Waals surface area contributed by atoms with Gasteiger partial charge >= 0.3 is 5.69 Å². The van der Waals surface area contributed by atoms with Crippen LogP contribution in [0.1, 0.15) is 30.1 Å². The molecule has 0 radical (unpaired) electrons. The number of aromatic nitrogens is 4. The number of hydrogen-bond donors (Lipinski definition) is 1. The minimum Gasteiger partial charge on any atom is -0.322 e. The van der Waals surface area contributed by atoms with Crippen LogP contribution in [-0.4, -0.2) is 19.1 Å². The van der Waals surface area contributed by atoms with E-state index >= 15 is 0 Å². The van der Waals surface area contributed by atoms with Gasteiger partial charge in [0, 0.05) is 19.5 Å². The summed E-state index contributed by atoms with van der Waals surface area (Å²) in [6.07, 6.45) is 1.99. The van der Waals surface area contributed by atoms with Crippen molar-refractivity contribution in [1.29, 1.82) is 0 Å². The third-order valence-electron chi connectivity index (χ3n) is 4.42. The molecule has 0 saturated heterocycles. The van der Waals surface area contributed by atoms with Crippen molar-refractivity contribution in [2.24, 2.45) is 7.05 Å². The quantitative estimate of drug-likeness (QED) is 0.736. The summed E-state index contributed by atoms with van der Waals surface area (Å²) in [5.41, 5.74) is 1.37. The molecule has 3 heterocycles. The minimum atomic E-state index is -0.427. The number of aryl methyl sites for hydroxylation is 2. The Morgan fingerprint density at radius 3 is 2.77 bits per heavy atom. The number of hydrogen-bond acceptors (Lipinski definition) is 3. The zero-order valence-electron chi connectivity index (χ0n) is 12.2. The fraction of sp³-hybridized carbons (Fsp3) is 0.312. The molecule has 112 valence electrons. The number of aromatic amines is 1. The van der Waals surface area contributed by atoms with Crippen LogP contribution in [0.2, 0.25) is 0 Å². The smallest absolute Gasteiger partial charge is 0.322 e. The van der Waals surface area contributed by atoms with Crippen molar-refractivity contribution in [3.63, 3.8) is 0 Å². The van der Waals surface area contributed by atoms with Crippen LogP contribution < -0.4 is 11.2 Å². The zero-order valence-corrected chi connectivity index (χ0v) is 12.2. The Bertz CT molecular complexity index is 965. The molecule has 0 spiro atoms. The lowest BCUT2D eigenvalue weighted by Gasteiger charge is -2.23. The first-order valence-corrected chi connectivity index (χ1v) is 7.41. The second-order valence-electron chi connectivity index (χ2n) is 5.72. The lowest BCUT2D eigenvalue weighted by molar-refractivity contribution is 0.488. The van der Waals surface area contributed by atoms with E-state index in [4.69, 9.17) is 0 Å². The fourth-order valence-electron chi connectivity index (χ4n) is 3.33. The molecule has 0 bridgehead atoms. The van der Waals surface area contributed by atoms with E-state index in [1.54, 1.807) is 7.05 Å². The molecule has 0 amide bonds. The van der Waals surface area contributed by atoms with Gasteiger partial charge in [-0.15, -0.1) is 0 Å². The van der Waals surface area contributed by atoms with Gasteiger partial charge in [-0.05, 0) is 18.4 Å². The van der Waals surface area contributed by atoms with Crippen molar-refractivity contribution in [3.8, 4) is 0 Å². The van der Waals surface area contributed by atoms with Crippen LogP contribution in [-0.2, 0) is 13.6 Å². The predicted octanol–water partition coefficient (Wildman–Crippen LogP) is 1.35. The van der Waals surface area contributed by atoms with Crippen molar-refractivity contribution in [1.82, 2.24) is 19.1 Å². The van der Waals surface area contributed by atoms with E-state index in [1.807, 2.05) is 22.8 Å². The van der Waals surface area contributed by atoms with Gasteiger partial charge < -0.3 is 4.57 Å². The largest absolute Gasteiger partial charge is 0.329 e. The molecular weight excluding hydrogens is 280 g/mol. The van der Waals surface area contributed by atoms with Crippen molar-refractivity contribution >= 4 is 11.2 Å². The molecule has 2 aromatic heterocycles. The molecule has 0 saturated carbocycles. The number of nitrogens with zero attached hydrogens (tertiary/aromatic N) is 3. The van der Waals surface area contributed by atoms with Crippen molar-refractivity contribution in [3.05, 3.63) is 62.6 Å². The number of imidazole rings is 1. The normalized spacial score (nSPS) is 17.6. The van der Waals surface area contributed by atoms with Crippen LogP contribution in [0.15, 0.2) is 39.9 Å². The first-order chi connectivity index (χ1) is 10.7. The summed E-state index contributed by atoms with van der Waals surface area (Å²) in [6.45, 7) is 0.760. The van der Waals surface area contributed by atoms with E-state index < -0.39 is 5.69 Å². The second kappa shape index (κ2) is 4.69. The van der Waals surface area contributed by atoms with Crippen LogP contribution in [0, 0.1) is 0 Å². The number of rotatable bonds is 1. The lowest BCUT2D eigenvalue weighted by Crippen LogP contribution is -2.29. The van der Waals surface area contributed by atoms with Gasteiger partial charge in [0.25, 0.3) is 5.56 Å². The summed E-state index contributed by atoms with van der Waals surface area (Å²) in [7, 11) is 1.64. The van der Waals surface area contributed by atoms with Gasteiger partial charge in [0.05, 0.1) is 0 Å². The topological polar surface area (TPSA) is 72.7 Å². The number of H-pyrrole nitrogens is 1. The summed E-state index contributed by atoms with van der Waals surface area (Å²) in [6, 6.07) is 10.2. The molecule has 4 rings (SSSR count). The van der Waals surface area contributed by atoms with Gasteiger partial charge in [0.15, 0.2) is 11.2 Å². The van der Waals surface area contributed by atoms with Crippen molar-refractivity contribution in [2.45, 2.75) is 25.3 Å². The van der Waals surface area contributed by atoms with E-state index in [9.17, 15) is 9.59 Å². The SMILES string of the molecule is Cn1c(=O)[nH]c(=O)c2c1nc1n2CCCC1c1ccccc1. The summed E-state index contributed by atoms with van der Waals surface area (Å²) in [4.78, 5) is 31.0. The molecule has 3 aromatic rings. The molecule has 1 aromatic carbocycles. The molecule has 1 atom stereocenters. The standard InChI is InChI=1S/C16H16N4O2/c1-19-14-12(15(21)18-16(19)22)20-9-5-8-11(13(20)17-14)10-6-3-2-4-7-10/h2-4,6-7,11H,5,8-9H2,1H3,(H,18,21,22). The average Bonchev–Trinajstić information content (AvgIpc) is 2.93. The molecule has 6 heteroatoms. The first-order valence-electron chi connectivity index (χ1n) is 7.41. The lowest BCUT2D eigenvalue weighted by atomic mass is 9.91. The maximum atomic E-state index is 12.2. The summed E-state index contributed by atoms with van der Waals surface area (Å²) in [5, 5.41) is 0. The number of benzene rings is 1. The van der Waals surface area contributed by atoms with Gasteiger partial charge in [0.1, 0.15) is 5.82 Å². The number of fused-ring (bicyclic) bond motifs is 3. The molecule has 0 fully saturated rings. The third kappa shape index (κ3) is 1.76. The van der Waals surface area contributed by atoms with Crippen molar-refractivity contribution in [2.75, 3.05) is 0 Å². The Kier molecular flexibility index (Phi) is 2.79. The summed E-state index contributed by atoms with van der Waals surface area (Å²) < 4.78 is 3.37. The van der Waals surface area contributed by atoms with Crippen molar-refractivity contribution < 1.29 is 0 Å². The van der Waals surface area contributed by atoms with E-state index in [0.29, 0.717) is 11.2 Å². The highest BCUT2D eigenvalue weighted by atomic mass is 16.2. The van der Waals surface area contributed by atoms with Crippen LogP contribution in [0.25, 0.3) is 11.2 Å². The van der Waals surface area contributed by atoms with Gasteiger partial charge in [-0.1, -0.05) is 30.3 Å². The van der Waals surface area contributed by atoms with Crippen LogP contribution >= 0.6 is 0 Å². The highest BCUT2D eigenvalue weighted by Crippen LogP contribution is 2.34. The third-order valence-corrected chi connectivity index (χ3v) is 4.42. The summed E-state index contributed by atoms with van der Waals surface area (Å²) in [5.74, 6) is 1.04. The molecule has 1 aliphatic heterocycles. The minimum absolute atomic E-state index is 0.164. The summed E-state index contributed by atoms with van der Waals surface area (Å²) >= 11 is 0. The molecule has 1 unspecified atom stereocenters. The van der Waals surface area contributed by atoms with Crippen LogP contribution in [0.3, 0.4) is 0 Å². The Hall–Kier alpha value is -2.63. The Balaban J connectivity index is 2.03. The van der Waals surface area contributed by atoms with E-state index in [0.717, 1.165) is 25.2 Å². The van der Waals surface area contributed by atoms with Crippen LogP contribution in [0.4, 0.5) is 0 Å². The zero-order chi connectivity index (χ0) is 15.3. The van der Waals surface area contributed by atoms with Gasteiger partial charge in [0.2, 0.25) is 0 Å². The average molecular weight is 296 g/mol. The Morgan fingerprint density at radius 2 is 2.00 bits per heavy atom.